The van der Waals surface area contributed by atoms with Crippen molar-refractivity contribution in [2.45, 2.75) is 19.9 Å². The predicted octanol–water partition coefficient (Wildman–Crippen LogP) is 2.99. The summed E-state index contributed by atoms with van der Waals surface area (Å²) in [7, 11) is 0. The summed E-state index contributed by atoms with van der Waals surface area (Å²) in [5.74, 6) is -0.672. The van der Waals surface area contributed by atoms with Crippen LogP contribution in [0.1, 0.15) is 24.6 Å². The number of non-ortho nitro benzene ring substituents is 1. The molecular weight excluding hydrogens is 362 g/mol. The van der Waals surface area contributed by atoms with Crippen molar-refractivity contribution in [3.8, 4) is 0 Å². The lowest BCUT2D eigenvalue weighted by atomic mass is 10.2. The van der Waals surface area contributed by atoms with Crippen LogP contribution in [0.5, 0.6) is 0 Å². The highest BCUT2D eigenvalue weighted by molar-refractivity contribution is 5.92. The van der Waals surface area contributed by atoms with Gasteiger partial charge in [-0.25, -0.2) is 0 Å². The minimum atomic E-state index is -0.484. The molecule has 2 rings (SSSR count). The number of benzene rings is 1. The fourth-order valence-electron chi connectivity index (χ4n) is 2.39. The number of amides is 1. The molecule has 0 saturated carbocycles. The Morgan fingerprint density at radius 2 is 1.96 bits per heavy atom. The third-order valence-electron chi connectivity index (χ3n) is 3.80. The van der Waals surface area contributed by atoms with Crippen LogP contribution in [0.25, 0.3) is 6.08 Å². The minimum absolute atomic E-state index is 0.0188. The van der Waals surface area contributed by atoms with Gasteiger partial charge in [0.1, 0.15) is 0 Å². The Morgan fingerprint density at radius 1 is 1.21 bits per heavy atom. The topological polar surface area (TPSA) is 103 Å². The lowest BCUT2D eigenvalue weighted by Crippen LogP contribution is -2.31. The van der Waals surface area contributed by atoms with Gasteiger partial charge in [-0.15, -0.1) is 0 Å². The van der Waals surface area contributed by atoms with Crippen molar-refractivity contribution in [3.05, 3.63) is 76.1 Å². The molecule has 8 heteroatoms. The maximum atomic E-state index is 12.6. The maximum absolute atomic E-state index is 12.6. The molecule has 28 heavy (non-hydrogen) atoms. The highest BCUT2D eigenvalue weighted by Gasteiger charge is 2.14. The first-order valence-electron chi connectivity index (χ1n) is 8.76. The zero-order valence-corrected chi connectivity index (χ0v) is 15.5. The molecule has 0 aliphatic rings. The largest absolute Gasteiger partial charge is 0.466 e. The van der Waals surface area contributed by atoms with Crippen LogP contribution in [0, 0.1) is 10.1 Å². The summed E-state index contributed by atoms with van der Waals surface area (Å²) in [6, 6.07) is 11.3. The molecule has 1 aromatic carbocycles. The molecule has 0 fully saturated rings. The van der Waals surface area contributed by atoms with Crippen molar-refractivity contribution in [2.75, 3.05) is 13.2 Å². The molecule has 0 unspecified atom stereocenters. The monoisotopic (exact) mass is 383 g/mol. The first kappa shape index (κ1) is 20.8. The van der Waals surface area contributed by atoms with E-state index in [0.29, 0.717) is 11.3 Å². The van der Waals surface area contributed by atoms with Crippen LogP contribution in [0.2, 0.25) is 0 Å². The Morgan fingerprint density at radius 3 is 2.57 bits per heavy atom. The molecule has 0 spiro atoms. The van der Waals surface area contributed by atoms with Gasteiger partial charge in [-0.3, -0.25) is 24.7 Å². The fraction of sp³-hybridized carbons (Fsp3) is 0.250. The summed E-state index contributed by atoms with van der Waals surface area (Å²) < 4.78 is 4.92. The second-order valence-corrected chi connectivity index (χ2v) is 5.82. The number of nitrogens with zero attached hydrogens (tertiary/aromatic N) is 3. The molecule has 0 aliphatic heterocycles. The molecule has 1 amide bonds. The van der Waals surface area contributed by atoms with Crippen LogP contribution in [0.3, 0.4) is 0 Å². The lowest BCUT2D eigenvalue weighted by Gasteiger charge is -2.20. The second kappa shape index (κ2) is 10.6. The zero-order valence-electron chi connectivity index (χ0n) is 15.5. The van der Waals surface area contributed by atoms with Crippen molar-refractivity contribution in [2.24, 2.45) is 0 Å². The number of hydrogen-bond donors (Lipinski definition) is 0. The summed E-state index contributed by atoms with van der Waals surface area (Å²) in [5, 5.41) is 10.7. The molecule has 0 aliphatic carbocycles. The Hall–Kier alpha value is -3.55. The van der Waals surface area contributed by atoms with E-state index in [-0.39, 0.29) is 43.7 Å². The quantitative estimate of drug-likeness (QED) is 0.285. The number of nitro benzene ring substituents is 1. The van der Waals surface area contributed by atoms with Crippen molar-refractivity contribution >= 4 is 23.6 Å². The average Bonchev–Trinajstić information content (AvgIpc) is 2.70. The van der Waals surface area contributed by atoms with E-state index in [0.717, 1.165) is 0 Å². The van der Waals surface area contributed by atoms with Gasteiger partial charge >= 0.3 is 5.97 Å². The Bertz CT molecular complexity index is 835. The van der Waals surface area contributed by atoms with E-state index in [9.17, 15) is 19.7 Å². The first-order valence-corrected chi connectivity index (χ1v) is 8.76. The van der Waals surface area contributed by atoms with Crippen LogP contribution in [-0.2, 0) is 20.9 Å². The number of pyridine rings is 1. The van der Waals surface area contributed by atoms with Gasteiger partial charge in [-0.1, -0.05) is 6.07 Å². The summed E-state index contributed by atoms with van der Waals surface area (Å²) >= 11 is 0. The van der Waals surface area contributed by atoms with Crippen molar-refractivity contribution in [1.29, 1.82) is 0 Å². The minimum Gasteiger partial charge on any atom is -0.466 e. The predicted molar refractivity (Wildman–Crippen MR) is 103 cm³/mol. The Balaban J connectivity index is 2.07. The SMILES string of the molecule is CCOC(=O)CCN(Cc1ccccn1)C(=O)/C=C/c1ccc([N+](=O)[O-])cc1. The van der Waals surface area contributed by atoms with Gasteiger partial charge in [0.2, 0.25) is 5.91 Å². The molecule has 1 heterocycles. The number of carbonyl (C=O) groups excluding carboxylic acids is 2. The molecule has 0 N–H and O–H groups in total. The number of aromatic nitrogens is 1. The number of rotatable bonds is 9. The van der Waals surface area contributed by atoms with E-state index < -0.39 is 4.92 Å². The number of ether oxygens (including phenoxy) is 1. The third kappa shape index (κ3) is 6.64. The smallest absolute Gasteiger partial charge is 0.307 e. The highest BCUT2D eigenvalue weighted by Crippen LogP contribution is 2.13. The van der Waals surface area contributed by atoms with Crippen LogP contribution >= 0.6 is 0 Å². The fourth-order valence-corrected chi connectivity index (χ4v) is 2.39. The molecule has 2 aromatic rings. The standard InChI is InChI=1S/C20H21N3O5/c1-2-28-20(25)12-14-22(15-17-5-3-4-13-21-17)19(24)11-8-16-6-9-18(10-7-16)23(26)27/h3-11,13H,2,12,14-15H2,1H3/b11-8+. The summed E-state index contributed by atoms with van der Waals surface area (Å²) in [6.45, 7) is 2.46. The normalized spacial score (nSPS) is 10.6. The Labute approximate surface area is 162 Å². The van der Waals surface area contributed by atoms with Gasteiger partial charge in [-0.2, -0.15) is 0 Å². The van der Waals surface area contributed by atoms with Crippen molar-refractivity contribution in [3.63, 3.8) is 0 Å². The van der Waals surface area contributed by atoms with Gasteiger partial charge in [0, 0.05) is 31.0 Å². The van der Waals surface area contributed by atoms with Crippen LogP contribution in [0.4, 0.5) is 5.69 Å². The molecule has 146 valence electrons. The number of carbonyl (C=O) groups is 2. The first-order chi connectivity index (χ1) is 13.5. The Kier molecular flexibility index (Phi) is 7.83. The van der Waals surface area contributed by atoms with Crippen molar-refractivity contribution in [1.82, 2.24) is 9.88 Å². The summed E-state index contributed by atoms with van der Waals surface area (Å²) in [5.41, 5.74) is 1.33. The van der Waals surface area contributed by atoms with E-state index in [4.69, 9.17) is 4.74 Å². The van der Waals surface area contributed by atoms with Crippen LogP contribution in [0.15, 0.2) is 54.7 Å². The average molecular weight is 383 g/mol. The van der Waals surface area contributed by atoms with Crippen molar-refractivity contribution < 1.29 is 19.2 Å². The highest BCUT2D eigenvalue weighted by atomic mass is 16.6. The van der Waals surface area contributed by atoms with E-state index in [1.807, 2.05) is 6.07 Å². The number of esters is 1. The van der Waals surface area contributed by atoms with Crippen LogP contribution in [-0.4, -0.2) is 39.8 Å². The van der Waals surface area contributed by atoms with E-state index >= 15 is 0 Å². The van der Waals surface area contributed by atoms with E-state index in [1.165, 1.54) is 23.1 Å². The number of nitro groups is 1. The summed E-state index contributed by atoms with van der Waals surface area (Å²) in [4.78, 5) is 40.2. The molecule has 1 aromatic heterocycles. The number of hydrogen-bond acceptors (Lipinski definition) is 6. The lowest BCUT2D eigenvalue weighted by molar-refractivity contribution is -0.384. The molecular formula is C20H21N3O5. The zero-order chi connectivity index (χ0) is 20.4. The van der Waals surface area contributed by atoms with Crippen LogP contribution < -0.4 is 0 Å². The molecule has 0 radical (unpaired) electrons. The van der Waals surface area contributed by atoms with E-state index in [1.54, 1.807) is 43.5 Å². The molecule has 0 saturated heterocycles. The van der Waals surface area contributed by atoms with Gasteiger partial charge in [0.25, 0.3) is 5.69 Å². The van der Waals surface area contributed by atoms with Gasteiger partial charge in [-0.05, 0) is 42.8 Å². The summed E-state index contributed by atoms with van der Waals surface area (Å²) in [6.07, 6.45) is 4.66. The second-order valence-electron chi connectivity index (χ2n) is 5.82. The third-order valence-corrected chi connectivity index (χ3v) is 3.80. The van der Waals surface area contributed by atoms with Gasteiger partial charge < -0.3 is 9.64 Å². The maximum Gasteiger partial charge on any atom is 0.307 e. The molecule has 0 atom stereocenters. The van der Waals surface area contributed by atoms with Gasteiger partial charge in [0.15, 0.2) is 0 Å². The molecule has 8 nitrogen and oxygen atoms in total. The van der Waals surface area contributed by atoms with E-state index in [2.05, 4.69) is 4.98 Å². The van der Waals surface area contributed by atoms with Gasteiger partial charge in [0.05, 0.1) is 30.2 Å². The molecule has 0 bridgehead atoms.